The van der Waals surface area contributed by atoms with Crippen LogP contribution in [0, 0.1) is 0 Å². The molecule has 1 N–H and O–H groups in total. The molecule has 1 heterocycles. The Morgan fingerprint density at radius 1 is 1.33 bits per heavy atom. The standard InChI is InChI=1S/C17H26N2O2/c1-3-11-18-17(16(20)21-4-2)10-12-19(14-17)13-15-8-6-5-7-9-15/h5-9,18H,3-4,10-14H2,1-2H3. The number of nitrogens with zero attached hydrogens (tertiary/aromatic N) is 1. The van der Waals surface area contributed by atoms with Gasteiger partial charge in [-0.3, -0.25) is 4.90 Å². The van der Waals surface area contributed by atoms with Gasteiger partial charge in [-0.25, -0.2) is 4.79 Å². The SMILES string of the molecule is CCCNC1(C(=O)OCC)CCN(Cc2ccccc2)C1. The summed E-state index contributed by atoms with van der Waals surface area (Å²) < 4.78 is 5.30. The highest BCUT2D eigenvalue weighted by atomic mass is 16.5. The van der Waals surface area contributed by atoms with E-state index in [1.165, 1.54) is 5.56 Å². The zero-order valence-corrected chi connectivity index (χ0v) is 13.1. The molecule has 0 radical (unpaired) electrons. The van der Waals surface area contributed by atoms with Crippen LogP contribution >= 0.6 is 0 Å². The Bertz CT molecular complexity index is 449. The number of nitrogens with one attached hydrogen (secondary N) is 1. The van der Waals surface area contributed by atoms with Crippen LogP contribution < -0.4 is 5.32 Å². The maximum Gasteiger partial charge on any atom is 0.327 e. The van der Waals surface area contributed by atoms with Crippen LogP contribution in [0.5, 0.6) is 0 Å². The number of esters is 1. The lowest BCUT2D eigenvalue weighted by Crippen LogP contribution is -2.55. The van der Waals surface area contributed by atoms with Gasteiger partial charge in [0.25, 0.3) is 0 Å². The Labute approximate surface area is 127 Å². The summed E-state index contributed by atoms with van der Waals surface area (Å²) in [6, 6.07) is 10.4. The van der Waals surface area contributed by atoms with Crippen LogP contribution in [0.3, 0.4) is 0 Å². The average Bonchev–Trinajstić information content (AvgIpc) is 2.91. The monoisotopic (exact) mass is 290 g/mol. The highest BCUT2D eigenvalue weighted by Gasteiger charge is 2.45. The molecular weight excluding hydrogens is 264 g/mol. The van der Waals surface area contributed by atoms with Crippen LogP contribution in [0.4, 0.5) is 0 Å². The third-order valence-corrected chi connectivity index (χ3v) is 3.98. The fourth-order valence-corrected chi connectivity index (χ4v) is 2.88. The molecule has 0 aliphatic carbocycles. The minimum Gasteiger partial charge on any atom is -0.465 e. The van der Waals surface area contributed by atoms with E-state index in [0.717, 1.165) is 39.0 Å². The number of carbonyl (C=O) groups excluding carboxylic acids is 1. The first-order valence-electron chi connectivity index (χ1n) is 7.88. The molecule has 0 bridgehead atoms. The van der Waals surface area contributed by atoms with Gasteiger partial charge in [0.15, 0.2) is 0 Å². The van der Waals surface area contributed by atoms with Crippen LogP contribution in [0.25, 0.3) is 0 Å². The summed E-state index contributed by atoms with van der Waals surface area (Å²) in [5, 5.41) is 3.43. The van der Waals surface area contributed by atoms with Crippen LogP contribution in [0.2, 0.25) is 0 Å². The van der Waals surface area contributed by atoms with Gasteiger partial charge in [-0.1, -0.05) is 37.3 Å². The van der Waals surface area contributed by atoms with Crippen LogP contribution in [0.1, 0.15) is 32.3 Å². The van der Waals surface area contributed by atoms with E-state index < -0.39 is 5.54 Å². The summed E-state index contributed by atoms with van der Waals surface area (Å²) in [5.74, 6) is -0.103. The molecule has 4 nitrogen and oxygen atoms in total. The van der Waals surface area contributed by atoms with E-state index in [9.17, 15) is 4.79 Å². The lowest BCUT2D eigenvalue weighted by molar-refractivity contribution is -0.150. The lowest BCUT2D eigenvalue weighted by Gasteiger charge is -2.28. The molecule has 0 saturated carbocycles. The Hall–Kier alpha value is -1.39. The van der Waals surface area contributed by atoms with Gasteiger partial charge in [0.2, 0.25) is 0 Å². The number of likely N-dealkylation sites (tertiary alicyclic amines) is 1. The topological polar surface area (TPSA) is 41.6 Å². The van der Waals surface area contributed by atoms with Crippen molar-refractivity contribution in [3.05, 3.63) is 35.9 Å². The van der Waals surface area contributed by atoms with Crippen LogP contribution in [-0.4, -0.2) is 42.6 Å². The van der Waals surface area contributed by atoms with E-state index in [4.69, 9.17) is 4.74 Å². The second-order valence-corrected chi connectivity index (χ2v) is 5.68. The highest BCUT2D eigenvalue weighted by Crippen LogP contribution is 2.24. The third-order valence-electron chi connectivity index (χ3n) is 3.98. The molecule has 1 fully saturated rings. The number of ether oxygens (including phenoxy) is 1. The molecule has 1 saturated heterocycles. The molecule has 1 atom stereocenters. The fourth-order valence-electron chi connectivity index (χ4n) is 2.88. The first-order chi connectivity index (χ1) is 10.2. The Balaban J connectivity index is 2.01. The van der Waals surface area contributed by atoms with Crippen molar-refractivity contribution in [1.29, 1.82) is 0 Å². The van der Waals surface area contributed by atoms with E-state index in [2.05, 4.69) is 41.4 Å². The van der Waals surface area contributed by atoms with E-state index in [1.807, 2.05) is 13.0 Å². The molecular formula is C17H26N2O2. The summed E-state index contributed by atoms with van der Waals surface area (Å²) in [4.78, 5) is 14.7. The molecule has 0 spiro atoms. The van der Waals surface area contributed by atoms with Crippen LogP contribution in [-0.2, 0) is 16.1 Å². The average molecular weight is 290 g/mol. The Morgan fingerprint density at radius 2 is 2.10 bits per heavy atom. The summed E-state index contributed by atoms with van der Waals surface area (Å²) in [6.07, 6.45) is 1.83. The number of hydrogen-bond donors (Lipinski definition) is 1. The number of hydrogen-bond acceptors (Lipinski definition) is 4. The highest BCUT2D eigenvalue weighted by molar-refractivity contribution is 5.81. The molecule has 1 aromatic carbocycles. The van der Waals surface area contributed by atoms with E-state index in [1.54, 1.807) is 0 Å². The van der Waals surface area contributed by atoms with E-state index >= 15 is 0 Å². The van der Waals surface area contributed by atoms with Crippen molar-refractivity contribution in [1.82, 2.24) is 10.2 Å². The predicted octanol–water partition coefficient (Wildman–Crippen LogP) is 2.19. The van der Waals surface area contributed by atoms with Gasteiger partial charge in [0.1, 0.15) is 5.54 Å². The summed E-state index contributed by atoms with van der Waals surface area (Å²) >= 11 is 0. The van der Waals surface area contributed by atoms with Crippen molar-refractivity contribution in [2.75, 3.05) is 26.2 Å². The van der Waals surface area contributed by atoms with Crippen molar-refractivity contribution in [2.45, 2.75) is 38.8 Å². The molecule has 4 heteroatoms. The van der Waals surface area contributed by atoms with E-state index in [-0.39, 0.29) is 5.97 Å². The molecule has 1 aliphatic rings. The molecule has 0 aromatic heterocycles. The number of rotatable bonds is 7. The van der Waals surface area contributed by atoms with Crippen molar-refractivity contribution in [3.8, 4) is 0 Å². The summed E-state index contributed by atoms with van der Waals surface area (Å²) in [7, 11) is 0. The lowest BCUT2D eigenvalue weighted by atomic mass is 9.98. The van der Waals surface area contributed by atoms with Crippen molar-refractivity contribution in [3.63, 3.8) is 0 Å². The van der Waals surface area contributed by atoms with Crippen molar-refractivity contribution >= 4 is 5.97 Å². The number of benzene rings is 1. The molecule has 116 valence electrons. The van der Waals surface area contributed by atoms with Gasteiger partial charge in [-0.05, 0) is 31.9 Å². The quantitative estimate of drug-likeness (QED) is 0.782. The third kappa shape index (κ3) is 4.05. The molecule has 1 aliphatic heterocycles. The molecule has 2 rings (SSSR count). The van der Waals surface area contributed by atoms with Gasteiger partial charge in [-0.15, -0.1) is 0 Å². The first kappa shape index (κ1) is 16.0. The van der Waals surface area contributed by atoms with Gasteiger partial charge >= 0.3 is 5.97 Å². The van der Waals surface area contributed by atoms with Gasteiger partial charge in [-0.2, -0.15) is 0 Å². The predicted molar refractivity (Wildman–Crippen MR) is 84.0 cm³/mol. The Kier molecular flexibility index (Phi) is 5.76. The maximum absolute atomic E-state index is 12.4. The fraction of sp³-hybridized carbons (Fsp3) is 0.588. The first-order valence-corrected chi connectivity index (χ1v) is 7.88. The second-order valence-electron chi connectivity index (χ2n) is 5.68. The Morgan fingerprint density at radius 3 is 2.76 bits per heavy atom. The molecule has 1 aromatic rings. The molecule has 21 heavy (non-hydrogen) atoms. The largest absolute Gasteiger partial charge is 0.465 e. The van der Waals surface area contributed by atoms with Gasteiger partial charge in [0.05, 0.1) is 6.61 Å². The smallest absolute Gasteiger partial charge is 0.327 e. The molecule has 1 unspecified atom stereocenters. The molecule has 0 amide bonds. The summed E-state index contributed by atoms with van der Waals surface area (Å²) in [6.45, 7) is 7.79. The van der Waals surface area contributed by atoms with Crippen molar-refractivity contribution < 1.29 is 9.53 Å². The second kappa shape index (κ2) is 7.57. The normalized spacial score (nSPS) is 22.4. The van der Waals surface area contributed by atoms with Crippen LogP contribution in [0.15, 0.2) is 30.3 Å². The minimum absolute atomic E-state index is 0.103. The number of carbonyl (C=O) groups is 1. The summed E-state index contributed by atoms with van der Waals surface area (Å²) in [5.41, 5.74) is 0.758. The maximum atomic E-state index is 12.4. The van der Waals surface area contributed by atoms with Gasteiger partial charge < -0.3 is 10.1 Å². The zero-order chi connectivity index (χ0) is 15.1. The van der Waals surface area contributed by atoms with Gasteiger partial charge in [0, 0.05) is 19.6 Å². The van der Waals surface area contributed by atoms with E-state index in [0.29, 0.717) is 6.61 Å². The minimum atomic E-state index is -0.527. The van der Waals surface area contributed by atoms with Crippen molar-refractivity contribution in [2.24, 2.45) is 0 Å². The zero-order valence-electron chi connectivity index (χ0n) is 13.1.